The first kappa shape index (κ1) is 17.4. The van der Waals surface area contributed by atoms with Crippen LogP contribution in [-0.4, -0.2) is 48.8 Å². The molecule has 3 aromatic heterocycles. The molecule has 146 valence electrons. The monoisotopic (exact) mass is 389 g/mol. The molecule has 1 saturated heterocycles. The second kappa shape index (κ2) is 6.73. The van der Waals surface area contributed by atoms with E-state index in [2.05, 4.69) is 15.1 Å². The number of H-pyrrole nitrogens is 1. The number of piperidine rings is 1. The molecule has 1 fully saturated rings. The van der Waals surface area contributed by atoms with Crippen molar-refractivity contribution in [2.45, 2.75) is 18.8 Å². The van der Waals surface area contributed by atoms with Gasteiger partial charge in [-0.25, -0.2) is 14.3 Å². The van der Waals surface area contributed by atoms with Crippen LogP contribution in [0.2, 0.25) is 0 Å². The highest BCUT2D eigenvalue weighted by Gasteiger charge is 2.26. The molecule has 1 aliphatic heterocycles. The summed E-state index contributed by atoms with van der Waals surface area (Å²) in [5.74, 6) is 0.0601. The van der Waals surface area contributed by atoms with Gasteiger partial charge in [0.15, 0.2) is 5.65 Å². The predicted octanol–water partition coefficient (Wildman–Crippen LogP) is 3.10. The summed E-state index contributed by atoms with van der Waals surface area (Å²) in [6, 6.07) is 13.4. The number of fused-ring (bicyclic) bond motifs is 3. The first-order chi connectivity index (χ1) is 14.1. The van der Waals surface area contributed by atoms with Gasteiger partial charge < -0.3 is 15.0 Å². The van der Waals surface area contributed by atoms with E-state index in [-0.39, 0.29) is 11.5 Å². The lowest BCUT2D eigenvalue weighted by atomic mass is 9.93. The zero-order chi connectivity index (χ0) is 20.0. The summed E-state index contributed by atoms with van der Waals surface area (Å²) in [5.41, 5.74) is 3.77. The van der Waals surface area contributed by atoms with Crippen LogP contribution in [0, 0.1) is 0 Å². The Morgan fingerprint density at radius 2 is 1.90 bits per heavy atom. The van der Waals surface area contributed by atoms with E-state index in [1.165, 1.54) is 4.90 Å². The molecule has 29 heavy (non-hydrogen) atoms. The van der Waals surface area contributed by atoms with Crippen LogP contribution in [0.3, 0.4) is 0 Å². The van der Waals surface area contributed by atoms with Crippen LogP contribution in [-0.2, 0) is 0 Å². The fourth-order valence-corrected chi connectivity index (χ4v) is 4.18. The first-order valence-electron chi connectivity index (χ1n) is 9.56. The standard InChI is InChI=1S/C21H19N5O3/c27-17-12-16(14-7-10-25(11-8-14)21(28)29)26-20(23-17)18-15(6-9-22-19(18)24-26)13-4-2-1-3-5-13/h1-6,9,12,14H,7-8,10-11H2,(H,23,27)(H,28,29). The Bertz CT molecular complexity index is 1270. The van der Waals surface area contributed by atoms with Gasteiger partial charge in [0.2, 0.25) is 0 Å². The van der Waals surface area contributed by atoms with Crippen molar-refractivity contribution in [1.82, 2.24) is 24.5 Å². The predicted molar refractivity (Wildman–Crippen MR) is 108 cm³/mol. The van der Waals surface area contributed by atoms with Crippen LogP contribution in [0.5, 0.6) is 0 Å². The second-order valence-electron chi connectivity index (χ2n) is 7.29. The Labute approximate surface area is 165 Å². The topological polar surface area (TPSA) is 104 Å². The third-order valence-electron chi connectivity index (χ3n) is 5.61. The fourth-order valence-electron chi connectivity index (χ4n) is 4.18. The van der Waals surface area contributed by atoms with Crippen LogP contribution < -0.4 is 5.56 Å². The Hall–Kier alpha value is -3.68. The second-order valence-corrected chi connectivity index (χ2v) is 7.29. The SMILES string of the molecule is O=C(O)N1CCC(c2cc(=O)[nH]c3c4c(-c5ccccc5)ccnc4nn23)CC1. The van der Waals surface area contributed by atoms with E-state index in [0.717, 1.165) is 22.2 Å². The molecule has 0 aliphatic carbocycles. The molecule has 8 heteroatoms. The van der Waals surface area contributed by atoms with Crippen molar-refractivity contribution in [2.75, 3.05) is 13.1 Å². The average molecular weight is 389 g/mol. The summed E-state index contributed by atoms with van der Waals surface area (Å²) in [4.78, 5) is 32.4. The molecule has 0 atom stereocenters. The van der Waals surface area contributed by atoms with Crippen LogP contribution in [0.15, 0.2) is 53.5 Å². The highest BCUT2D eigenvalue weighted by Crippen LogP contribution is 2.32. The largest absolute Gasteiger partial charge is 0.465 e. The van der Waals surface area contributed by atoms with E-state index in [1.807, 2.05) is 36.4 Å². The number of rotatable bonds is 2. The highest BCUT2D eigenvalue weighted by atomic mass is 16.4. The quantitative estimate of drug-likeness (QED) is 0.548. The number of nitrogens with one attached hydrogen (secondary N) is 1. The number of likely N-dealkylation sites (tertiary alicyclic amines) is 1. The number of benzene rings is 1. The summed E-state index contributed by atoms with van der Waals surface area (Å²) < 4.78 is 1.77. The van der Waals surface area contributed by atoms with Crippen molar-refractivity contribution < 1.29 is 9.90 Å². The zero-order valence-electron chi connectivity index (χ0n) is 15.6. The molecule has 0 radical (unpaired) electrons. The number of aromatic nitrogens is 4. The number of amides is 1. The van der Waals surface area contributed by atoms with Crippen LogP contribution in [0.25, 0.3) is 27.8 Å². The van der Waals surface area contributed by atoms with E-state index in [1.54, 1.807) is 16.8 Å². The maximum atomic E-state index is 12.5. The molecule has 5 rings (SSSR count). The zero-order valence-corrected chi connectivity index (χ0v) is 15.6. The summed E-state index contributed by atoms with van der Waals surface area (Å²) in [6.45, 7) is 0.894. The normalized spacial score (nSPS) is 15.2. The van der Waals surface area contributed by atoms with E-state index in [0.29, 0.717) is 37.2 Å². The highest BCUT2D eigenvalue weighted by molar-refractivity contribution is 6.02. The first-order valence-corrected chi connectivity index (χ1v) is 9.56. The van der Waals surface area contributed by atoms with E-state index < -0.39 is 6.09 Å². The third-order valence-corrected chi connectivity index (χ3v) is 5.61. The van der Waals surface area contributed by atoms with Crippen LogP contribution in [0.4, 0.5) is 4.79 Å². The van der Waals surface area contributed by atoms with Crippen LogP contribution >= 0.6 is 0 Å². The van der Waals surface area contributed by atoms with Gasteiger partial charge in [0.1, 0.15) is 5.65 Å². The molecule has 1 aromatic carbocycles. The minimum atomic E-state index is -0.902. The van der Waals surface area contributed by atoms with Crippen molar-refractivity contribution in [3.8, 4) is 11.1 Å². The van der Waals surface area contributed by atoms with Gasteiger partial charge in [-0.3, -0.25) is 4.79 Å². The van der Waals surface area contributed by atoms with E-state index >= 15 is 0 Å². The molecular weight excluding hydrogens is 370 g/mol. The lowest BCUT2D eigenvalue weighted by Crippen LogP contribution is -2.37. The number of hydrogen-bond donors (Lipinski definition) is 2. The van der Waals surface area contributed by atoms with Gasteiger partial charge in [0.25, 0.3) is 5.56 Å². The maximum Gasteiger partial charge on any atom is 0.407 e. The molecule has 1 amide bonds. The lowest BCUT2D eigenvalue weighted by Gasteiger charge is -2.30. The molecule has 0 bridgehead atoms. The number of aromatic amines is 1. The molecule has 1 aliphatic rings. The van der Waals surface area contributed by atoms with Crippen molar-refractivity contribution in [3.05, 3.63) is 64.7 Å². The maximum absolute atomic E-state index is 12.5. The third kappa shape index (κ3) is 2.93. The minimum absolute atomic E-state index is 0.0601. The number of pyridine rings is 1. The Morgan fingerprint density at radius 3 is 2.62 bits per heavy atom. The molecule has 2 N–H and O–H groups in total. The molecule has 0 spiro atoms. The van der Waals surface area contributed by atoms with Crippen molar-refractivity contribution in [3.63, 3.8) is 0 Å². The molecule has 0 unspecified atom stereocenters. The summed E-state index contributed by atoms with van der Waals surface area (Å²) in [6.07, 6.45) is 2.13. The van der Waals surface area contributed by atoms with Gasteiger partial charge in [-0.1, -0.05) is 30.3 Å². The number of carboxylic acid groups (broad SMARTS) is 1. The van der Waals surface area contributed by atoms with E-state index in [4.69, 9.17) is 0 Å². The van der Waals surface area contributed by atoms with Crippen LogP contribution in [0.1, 0.15) is 24.5 Å². The smallest absolute Gasteiger partial charge is 0.407 e. The van der Waals surface area contributed by atoms with Crippen molar-refractivity contribution in [1.29, 1.82) is 0 Å². The van der Waals surface area contributed by atoms with Gasteiger partial charge in [-0.05, 0) is 30.0 Å². The van der Waals surface area contributed by atoms with Gasteiger partial charge in [-0.15, -0.1) is 5.10 Å². The number of hydrogen-bond acceptors (Lipinski definition) is 4. The number of carbonyl (C=O) groups is 1. The van der Waals surface area contributed by atoms with Gasteiger partial charge >= 0.3 is 6.09 Å². The van der Waals surface area contributed by atoms with Gasteiger partial charge in [0.05, 0.1) is 11.1 Å². The molecule has 4 aromatic rings. The number of nitrogens with zero attached hydrogens (tertiary/aromatic N) is 4. The molecular formula is C21H19N5O3. The molecule has 8 nitrogen and oxygen atoms in total. The van der Waals surface area contributed by atoms with Crippen molar-refractivity contribution >= 4 is 22.8 Å². The average Bonchev–Trinajstić information content (AvgIpc) is 3.12. The summed E-state index contributed by atoms with van der Waals surface area (Å²) >= 11 is 0. The van der Waals surface area contributed by atoms with E-state index in [9.17, 15) is 14.7 Å². The van der Waals surface area contributed by atoms with Gasteiger partial charge in [0, 0.05) is 31.3 Å². The van der Waals surface area contributed by atoms with Gasteiger partial charge in [-0.2, -0.15) is 0 Å². The van der Waals surface area contributed by atoms with Crippen molar-refractivity contribution in [2.24, 2.45) is 0 Å². The summed E-state index contributed by atoms with van der Waals surface area (Å²) in [5, 5.41) is 14.7. The minimum Gasteiger partial charge on any atom is -0.465 e. The molecule has 0 saturated carbocycles. The Morgan fingerprint density at radius 1 is 1.14 bits per heavy atom. The fraction of sp³-hybridized carbons (Fsp3) is 0.238. The molecule has 4 heterocycles. The summed E-state index contributed by atoms with van der Waals surface area (Å²) in [7, 11) is 0. The lowest BCUT2D eigenvalue weighted by molar-refractivity contribution is 0.131. The Kier molecular flexibility index (Phi) is 4.04. The Balaban J connectivity index is 1.68.